The van der Waals surface area contributed by atoms with Crippen molar-refractivity contribution in [2.24, 2.45) is 0 Å². The maximum Gasteiger partial charge on any atom is 0.151 e. The third-order valence-electron chi connectivity index (χ3n) is 3.27. The summed E-state index contributed by atoms with van der Waals surface area (Å²) in [6.07, 6.45) is 4.99. The van der Waals surface area contributed by atoms with Gasteiger partial charge in [0.05, 0.1) is 16.5 Å². The van der Waals surface area contributed by atoms with E-state index >= 15 is 0 Å². The molecule has 2 atom stereocenters. The highest BCUT2D eigenvalue weighted by Crippen LogP contribution is 2.24. The number of thiazole rings is 1. The molecular weight excluding hydrogens is 256 g/mol. The van der Waals surface area contributed by atoms with E-state index in [-0.39, 0.29) is 11.3 Å². The Balaban J connectivity index is 1.82. The molecule has 0 radical (unpaired) electrons. The van der Waals surface area contributed by atoms with E-state index in [2.05, 4.69) is 10.3 Å². The van der Waals surface area contributed by atoms with Gasteiger partial charge in [-0.2, -0.15) is 0 Å². The summed E-state index contributed by atoms with van der Waals surface area (Å²) in [7, 11) is -2.91. The molecule has 4 nitrogen and oxygen atoms in total. The zero-order valence-electron chi connectivity index (χ0n) is 9.93. The van der Waals surface area contributed by atoms with Crippen LogP contribution in [0, 0.1) is 0 Å². The summed E-state index contributed by atoms with van der Waals surface area (Å²) in [5.41, 5.74) is 2.90. The second-order valence-electron chi connectivity index (χ2n) is 4.59. The van der Waals surface area contributed by atoms with Gasteiger partial charge < -0.3 is 5.32 Å². The van der Waals surface area contributed by atoms with Crippen LogP contribution in [0.4, 0.5) is 0 Å². The Labute approximate surface area is 106 Å². The number of hydrogen-bond acceptors (Lipinski definition) is 5. The van der Waals surface area contributed by atoms with Crippen molar-refractivity contribution in [3.63, 3.8) is 0 Å². The van der Waals surface area contributed by atoms with Gasteiger partial charge in [0.25, 0.3) is 0 Å². The molecule has 0 amide bonds. The minimum atomic E-state index is -2.91. The number of nitrogens with zero attached hydrogens (tertiary/aromatic N) is 1. The van der Waals surface area contributed by atoms with E-state index in [0.717, 1.165) is 37.9 Å². The molecule has 96 valence electrons. The third-order valence-corrected chi connectivity index (χ3v) is 5.57. The maximum absolute atomic E-state index is 11.6. The van der Waals surface area contributed by atoms with Gasteiger partial charge in [0.15, 0.2) is 9.84 Å². The van der Waals surface area contributed by atoms with Gasteiger partial charge in [-0.25, -0.2) is 13.4 Å². The van der Waals surface area contributed by atoms with E-state index in [0.29, 0.717) is 0 Å². The molecule has 0 saturated heterocycles. The van der Waals surface area contributed by atoms with Crippen molar-refractivity contribution in [2.45, 2.75) is 37.0 Å². The summed E-state index contributed by atoms with van der Waals surface area (Å²) >= 11 is 1.59. The van der Waals surface area contributed by atoms with Crippen LogP contribution >= 0.6 is 11.3 Å². The van der Waals surface area contributed by atoms with Gasteiger partial charge in [0.2, 0.25) is 0 Å². The SMILES string of the molecule is CS(=O)(=O)C1CCCC1NCCc1cscn1. The molecule has 1 fully saturated rings. The predicted octanol–water partition coefficient (Wildman–Crippen LogP) is 1.24. The highest BCUT2D eigenvalue weighted by atomic mass is 32.2. The molecule has 1 aliphatic carbocycles. The molecule has 0 bridgehead atoms. The molecule has 1 aromatic rings. The fourth-order valence-electron chi connectivity index (χ4n) is 2.42. The van der Waals surface area contributed by atoms with Crippen molar-refractivity contribution in [1.82, 2.24) is 10.3 Å². The van der Waals surface area contributed by atoms with E-state index in [9.17, 15) is 8.42 Å². The molecule has 2 unspecified atom stereocenters. The van der Waals surface area contributed by atoms with Gasteiger partial charge in [-0.1, -0.05) is 6.42 Å². The molecule has 2 rings (SSSR count). The maximum atomic E-state index is 11.6. The Morgan fingerprint density at radius 3 is 3.00 bits per heavy atom. The number of aromatic nitrogens is 1. The molecule has 1 N–H and O–H groups in total. The lowest BCUT2D eigenvalue weighted by molar-refractivity contribution is 0.509. The third kappa shape index (κ3) is 3.50. The molecule has 0 aromatic carbocycles. The van der Waals surface area contributed by atoms with E-state index < -0.39 is 9.84 Å². The van der Waals surface area contributed by atoms with Crippen LogP contribution in [-0.4, -0.2) is 37.5 Å². The standard InChI is InChI=1S/C11H18N2O2S2/c1-17(14,15)11-4-2-3-10(11)12-6-5-9-7-16-8-13-9/h7-8,10-12H,2-6H2,1H3. The Kier molecular flexibility index (Phi) is 4.17. The Hall–Kier alpha value is -0.460. The van der Waals surface area contributed by atoms with Crippen LogP contribution in [0.2, 0.25) is 0 Å². The van der Waals surface area contributed by atoms with Crippen molar-refractivity contribution >= 4 is 21.2 Å². The van der Waals surface area contributed by atoms with Crippen LogP contribution in [0.5, 0.6) is 0 Å². The highest BCUT2D eigenvalue weighted by Gasteiger charge is 2.34. The van der Waals surface area contributed by atoms with Crippen molar-refractivity contribution in [3.8, 4) is 0 Å². The molecular formula is C11H18N2O2S2. The van der Waals surface area contributed by atoms with E-state index in [1.165, 1.54) is 6.26 Å². The smallest absolute Gasteiger partial charge is 0.151 e. The quantitative estimate of drug-likeness (QED) is 0.877. The van der Waals surface area contributed by atoms with Gasteiger partial charge >= 0.3 is 0 Å². The van der Waals surface area contributed by atoms with Crippen molar-refractivity contribution < 1.29 is 8.42 Å². The normalized spacial score (nSPS) is 25.2. The van der Waals surface area contributed by atoms with Crippen molar-refractivity contribution in [2.75, 3.05) is 12.8 Å². The largest absolute Gasteiger partial charge is 0.312 e. The molecule has 0 aliphatic heterocycles. The minimum absolute atomic E-state index is 0.128. The summed E-state index contributed by atoms with van der Waals surface area (Å²) in [6.45, 7) is 0.806. The number of sulfone groups is 1. The van der Waals surface area contributed by atoms with Crippen molar-refractivity contribution in [1.29, 1.82) is 0 Å². The summed E-state index contributed by atoms with van der Waals surface area (Å²) in [5, 5.41) is 5.20. The lowest BCUT2D eigenvalue weighted by Crippen LogP contribution is -2.40. The molecule has 6 heteroatoms. The van der Waals surface area contributed by atoms with E-state index in [1.807, 2.05) is 10.9 Å². The number of nitrogens with one attached hydrogen (secondary N) is 1. The first-order valence-corrected chi connectivity index (χ1v) is 8.76. The number of hydrogen-bond donors (Lipinski definition) is 1. The fourth-order valence-corrected chi connectivity index (χ4v) is 4.44. The number of rotatable bonds is 5. The van der Waals surface area contributed by atoms with Crippen LogP contribution in [0.1, 0.15) is 25.0 Å². The monoisotopic (exact) mass is 274 g/mol. The zero-order valence-corrected chi connectivity index (χ0v) is 11.6. The van der Waals surface area contributed by atoms with Gasteiger partial charge in [0, 0.05) is 30.6 Å². The average molecular weight is 274 g/mol. The Bertz CT molecular complexity index is 442. The highest BCUT2D eigenvalue weighted by molar-refractivity contribution is 7.91. The van der Waals surface area contributed by atoms with E-state index in [1.54, 1.807) is 11.3 Å². The predicted molar refractivity (Wildman–Crippen MR) is 70.1 cm³/mol. The van der Waals surface area contributed by atoms with Crippen LogP contribution in [-0.2, 0) is 16.3 Å². The average Bonchev–Trinajstić information content (AvgIpc) is 2.86. The van der Waals surface area contributed by atoms with Gasteiger partial charge in [-0.3, -0.25) is 0 Å². The second kappa shape index (κ2) is 5.46. The molecule has 1 saturated carbocycles. The summed E-state index contributed by atoms with van der Waals surface area (Å²) < 4.78 is 23.2. The summed E-state index contributed by atoms with van der Waals surface area (Å²) in [4.78, 5) is 4.21. The second-order valence-corrected chi connectivity index (χ2v) is 7.57. The lowest BCUT2D eigenvalue weighted by atomic mass is 10.2. The first kappa shape index (κ1) is 13.0. The van der Waals surface area contributed by atoms with Gasteiger partial charge in [0.1, 0.15) is 0 Å². The topological polar surface area (TPSA) is 59.1 Å². The van der Waals surface area contributed by atoms with Crippen LogP contribution < -0.4 is 5.32 Å². The minimum Gasteiger partial charge on any atom is -0.312 e. The summed E-state index contributed by atoms with van der Waals surface area (Å²) in [5.74, 6) is 0. The van der Waals surface area contributed by atoms with Crippen molar-refractivity contribution in [3.05, 3.63) is 16.6 Å². The van der Waals surface area contributed by atoms with Crippen LogP contribution in [0.3, 0.4) is 0 Å². The Morgan fingerprint density at radius 1 is 1.53 bits per heavy atom. The van der Waals surface area contributed by atoms with Gasteiger partial charge in [-0.15, -0.1) is 11.3 Å². The first-order valence-electron chi connectivity index (χ1n) is 5.86. The Morgan fingerprint density at radius 2 is 2.35 bits per heavy atom. The first-order chi connectivity index (χ1) is 8.07. The zero-order chi connectivity index (χ0) is 12.3. The lowest BCUT2D eigenvalue weighted by Gasteiger charge is -2.19. The van der Waals surface area contributed by atoms with E-state index in [4.69, 9.17) is 0 Å². The molecule has 1 heterocycles. The summed E-state index contributed by atoms with van der Waals surface area (Å²) in [6, 6.07) is 0.128. The molecule has 1 aliphatic rings. The molecule has 0 spiro atoms. The molecule has 17 heavy (non-hydrogen) atoms. The molecule has 1 aromatic heterocycles. The fraction of sp³-hybridized carbons (Fsp3) is 0.727. The van der Waals surface area contributed by atoms with Crippen LogP contribution in [0.25, 0.3) is 0 Å². The van der Waals surface area contributed by atoms with Gasteiger partial charge in [-0.05, 0) is 12.8 Å². The van der Waals surface area contributed by atoms with Crippen LogP contribution in [0.15, 0.2) is 10.9 Å².